The lowest BCUT2D eigenvalue weighted by Gasteiger charge is -2.25. The first-order valence-corrected chi connectivity index (χ1v) is 6.81. The van der Waals surface area contributed by atoms with E-state index in [9.17, 15) is 4.79 Å². The van der Waals surface area contributed by atoms with E-state index in [1.54, 1.807) is 19.0 Å². The summed E-state index contributed by atoms with van der Waals surface area (Å²) in [5, 5.41) is 3.21. The zero-order valence-corrected chi connectivity index (χ0v) is 12.8. The van der Waals surface area contributed by atoms with Gasteiger partial charge in [0.1, 0.15) is 0 Å². The van der Waals surface area contributed by atoms with Crippen molar-refractivity contribution in [2.45, 2.75) is 32.6 Å². The molecule has 3 heteroatoms. The molecule has 0 atom stereocenters. The number of carbonyl (C=O) groups excluding carboxylic acids is 1. The summed E-state index contributed by atoms with van der Waals surface area (Å²) in [7, 11) is 3.56. The number of likely N-dealkylation sites (N-methyl/N-ethyl adjacent to an activating group) is 1. The molecule has 1 rings (SSSR count). The number of benzene rings is 1. The van der Waals surface area contributed by atoms with Crippen molar-refractivity contribution in [3.05, 3.63) is 35.4 Å². The normalized spacial score (nSPS) is 11.4. The molecule has 0 aliphatic carbocycles. The summed E-state index contributed by atoms with van der Waals surface area (Å²) in [6, 6.07) is 8.70. The Morgan fingerprint density at radius 2 is 1.79 bits per heavy atom. The number of amides is 1. The second kappa shape index (κ2) is 6.71. The van der Waals surface area contributed by atoms with Crippen LogP contribution in [0.25, 0.3) is 0 Å². The number of hydrogen-bond acceptors (Lipinski definition) is 2. The Hall–Kier alpha value is -1.35. The standard InChI is InChI=1S/C16H26N2O/c1-13-6-8-14(9-7-13)16(2,3)10-11-17-12-15(19)18(4)5/h6-9,17H,10-12H2,1-5H3. The van der Waals surface area contributed by atoms with Crippen LogP contribution >= 0.6 is 0 Å². The number of nitrogens with zero attached hydrogens (tertiary/aromatic N) is 1. The molecular formula is C16H26N2O. The highest BCUT2D eigenvalue weighted by molar-refractivity contribution is 5.77. The van der Waals surface area contributed by atoms with Gasteiger partial charge in [0.15, 0.2) is 0 Å². The summed E-state index contributed by atoms with van der Waals surface area (Å²) in [5.41, 5.74) is 2.76. The first-order chi connectivity index (χ1) is 8.83. The fraction of sp³-hybridized carbons (Fsp3) is 0.562. The fourth-order valence-electron chi connectivity index (χ4n) is 1.90. The number of carbonyl (C=O) groups is 1. The monoisotopic (exact) mass is 262 g/mol. The smallest absolute Gasteiger partial charge is 0.236 e. The van der Waals surface area contributed by atoms with Crippen LogP contribution < -0.4 is 5.32 Å². The van der Waals surface area contributed by atoms with Gasteiger partial charge < -0.3 is 10.2 Å². The van der Waals surface area contributed by atoms with E-state index in [0.717, 1.165) is 13.0 Å². The predicted molar refractivity (Wildman–Crippen MR) is 80.4 cm³/mol. The number of aryl methyl sites for hydroxylation is 1. The van der Waals surface area contributed by atoms with Crippen molar-refractivity contribution in [3.8, 4) is 0 Å². The van der Waals surface area contributed by atoms with Crippen LogP contribution in [0.3, 0.4) is 0 Å². The molecule has 0 unspecified atom stereocenters. The second-order valence-electron chi connectivity index (χ2n) is 5.96. The molecule has 0 spiro atoms. The summed E-state index contributed by atoms with van der Waals surface area (Å²) in [6.45, 7) is 7.85. The summed E-state index contributed by atoms with van der Waals surface area (Å²) in [6.07, 6.45) is 1.01. The van der Waals surface area contributed by atoms with Crippen LogP contribution in [0.15, 0.2) is 24.3 Å². The van der Waals surface area contributed by atoms with Gasteiger partial charge in [-0.2, -0.15) is 0 Å². The van der Waals surface area contributed by atoms with Gasteiger partial charge in [0, 0.05) is 14.1 Å². The van der Waals surface area contributed by atoms with Crippen molar-refractivity contribution < 1.29 is 4.79 Å². The molecule has 0 saturated carbocycles. The maximum absolute atomic E-state index is 11.4. The maximum atomic E-state index is 11.4. The Kier molecular flexibility index (Phi) is 5.55. The van der Waals surface area contributed by atoms with Crippen LogP contribution in [0.5, 0.6) is 0 Å². The van der Waals surface area contributed by atoms with E-state index in [-0.39, 0.29) is 11.3 Å². The zero-order chi connectivity index (χ0) is 14.5. The minimum atomic E-state index is 0.119. The Bertz CT molecular complexity index is 407. The van der Waals surface area contributed by atoms with Crippen LogP contribution in [0, 0.1) is 6.92 Å². The Labute approximate surface area is 117 Å². The average Bonchev–Trinajstić information content (AvgIpc) is 2.34. The third-order valence-electron chi connectivity index (χ3n) is 3.53. The Morgan fingerprint density at radius 1 is 1.21 bits per heavy atom. The van der Waals surface area contributed by atoms with Crippen LogP contribution in [0.2, 0.25) is 0 Å². The molecule has 106 valence electrons. The van der Waals surface area contributed by atoms with Crippen molar-refractivity contribution in [2.24, 2.45) is 0 Å². The second-order valence-corrected chi connectivity index (χ2v) is 5.96. The van der Waals surface area contributed by atoms with Gasteiger partial charge in [0.25, 0.3) is 0 Å². The van der Waals surface area contributed by atoms with Gasteiger partial charge in [0.05, 0.1) is 6.54 Å². The third kappa shape index (κ3) is 5.03. The number of rotatable bonds is 6. The van der Waals surface area contributed by atoms with Crippen LogP contribution in [0.4, 0.5) is 0 Å². The first kappa shape index (κ1) is 15.7. The molecule has 0 fully saturated rings. The molecule has 0 aliphatic rings. The van der Waals surface area contributed by atoms with Gasteiger partial charge >= 0.3 is 0 Å². The molecule has 1 amide bonds. The minimum Gasteiger partial charge on any atom is -0.348 e. The molecule has 3 nitrogen and oxygen atoms in total. The highest BCUT2D eigenvalue weighted by Gasteiger charge is 2.19. The van der Waals surface area contributed by atoms with Crippen molar-refractivity contribution in [3.63, 3.8) is 0 Å². The molecule has 0 radical (unpaired) electrons. The molecule has 0 bridgehead atoms. The SMILES string of the molecule is Cc1ccc(C(C)(C)CCNCC(=O)N(C)C)cc1. The van der Waals surface area contributed by atoms with Gasteiger partial charge in [-0.15, -0.1) is 0 Å². The zero-order valence-electron chi connectivity index (χ0n) is 12.8. The van der Waals surface area contributed by atoms with E-state index >= 15 is 0 Å². The Morgan fingerprint density at radius 3 is 2.32 bits per heavy atom. The van der Waals surface area contributed by atoms with Gasteiger partial charge in [-0.05, 0) is 30.9 Å². The van der Waals surface area contributed by atoms with Crippen LogP contribution in [0.1, 0.15) is 31.4 Å². The molecule has 0 saturated heterocycles. The summed E-state index contributed by atoms with van der Waals surface area (Å²) in [5.74, 6) is 0.119. The lowest BCUT2D eigenvalue weighted by atomic mass is 9.81. The molecule has 0 aliphatic heterocycles. The topological polar surface area (TPSA) is 32.3 Å². The van der Waals surface area contributed by atoms with Crippen molar-refractivity contribution in [1.29, 1.82) is 0 Å². The van der Waals surface area contributed by atoms with Gasteiger partial charge in [-0.3, -0.25) is 4.79 Å². The highest BCUT2D eigenvalue weighted by Crippen LogP contribution is 2.26. The van der Waals surface area contributed by atoms with E-state index in [2.05, 4.69) is 50.4 Å². The minimum absolute atomic E-state index is 0.119. The molecule has 19 heavy (non-hydrogen) atoms. The molecule has 1 aromatic carbocycles. The van der Waals surface area contributed by atoms with Crippen molar-refractivity contribution in [2.75, 3.05) is 27.2 Å². The number of nitrogens with one attached hydrogen (secondary N) is 1. The molecular weight excluding hydrogens is 236 g/mol. The first-order valence-electron chi connectivity index (χ1n) is 6.81. The van der Waals surface area contributed by atoms with E-state index in [0.29, 0.717) is 6.54 Å². The van der Waals surface area contributed by atoms with Gasteiger partial charge in [-0.25, -0.2) is 0 Å². The molecule has 1 aromatic rings. The van der Waals surface area contributed by atoms with Gasteiger partial charge in [-0.1, -0.05) is 43.7 Å². The quantitative estimate of drug-likeness (QED) is 0.798. The summed E-state index contributed by atoms with van der Waals surface area (Å²) >= 11 is 0. The van der Waals surface area contributed by atoms with E-state index in [4.69, 9.17) is 0 Å². The largest absolute Gasteiger partial charge is 0.348 e. The molecule has 0 aromatic heterocycles. The van der Waals surface area contributed by atoms with Crippen LogP contribution in [-0.4, -0.2) is 38.0 Å². The van der Waals surface area contributed by atoms with Crippen LogP contribution in [-0.2, 0) is 10.2 Å². The molecule has 0 heterocycles. The maximum Gasteiger partial charge on any atom is 0.236 e. The van der Waals surface area contributed by atoms with E-state index in [1.165, 1.54) is 11.1 Å². The average molecular weight is 262 g/mol. The lowest BCUT2D eigenvalue weighted by molar-refractivity contribution is -0.127. The highest BCUT2D eigenvalue weighted by atomic mass is 16.2. The van der Waals surface area contributed by atoms with E-state index < -0.39 is 0 Å². The third-order valence-corrected chi connectivity index (χ3v) is 3.53. The van der Waals surface area contributed by atoms with E-state index in [1.807, 2.05) is 0 Å². The Balaban J connectivity index is 2.43. The molecule has 1 N–H and O–H groups in total. The predicted octanol–water partition coefficient (Wildman–Crippen LogP) is 2.34. The van der Waals surface area contributed by atoms with Gasteiger partial charge in [0.2, 0.25) is 5.91 Å². The number of hydrogen-bond donors (Lipinski definition) is 1. The van der Waals surface area contributed by atoms with Crippen molar-refractivity contribution in [1.82, 2.24) is 10.2 Å². The lowest BCUT2D eigenvalue weighted by Crippen LogP contribution is -2.35. The van der Waals surface area contributed by atoms with Crippen molar-refractivity contribution >= 4 is 5.91 Å². The summed E-state index contributed by atoms with van der Waals surface area (Å²) < 4.78 is 0. The summed E-state index contributed by atoms with van der Waals surface area (Å²) in [4.78, 5) is 13.0. The fourth-order valence-corrected chi connectivity index (χ4v) is 1.90.